The Hall–Kier alpha value is -3.93. The van der Waals surface area contributed by atoms with Gasteiger partial charge in [0.2, 0.25) is 0 Å². The minimum absolute atomic E-state index is 0.0716. The van der Waals surface area contributed by atoms with Crippen LogP contribution in [0.4, 0.5) is 5.69 Å². The second-order valence-corrected chi connectivity index (χ2v) is 8.56. The number of aryl methyl sites for hydroxylation is 1. The van der Waals surface area contributed by atoms with Crippen molar-refractivity contribution in [3.63, 3.8) is 0 Å². The third-order valence-corrected chi connectivity index (χ3v) is 5.88. The maximum atomic E-state index is 13.9. The second kappa shape index (κ2) is 8.90. The van der Waals surface area contributed by atoms with Gasteiger partial charge in [0.1, 0.15) is 0 Å². The third kappa shape index (κ3) is 4.12. The first-order chi connectivity index (χ1) is 15.8. The number of amides is 3. The van der Waals surface area contributed by atoms with Crippen LogP contribution in [0.15, 0.2) is 78.9 Å². The summed E-state index contributed by atoms with van der Waals surface area (Å²) in [5, 5.41) is 5.88. The standard InChI is InChI=1S/C27H27N3O3/c1-18(2)30-23-15-14-19(3)16-22(23)27(26(30)33,29-25(32)21-12-8-5-9-13-21)17-28-24(31)20-10-6-4-7-11-20/h4-16,18H,17H2,1-3H3,(H,28,31)(H,29,32). The van der Waals surface area contributed by atoms with E-state index in [2.05, 4.69) is 10.6 Å². The molecule has 168 valence electrons. The lowest BCUT2D eigenvalue weighted by Gasteiger charge is -2.31. The Balaban J connectivity index is 1.77. The van der Waals surface area contributed by atoms with Crippen molar-refractivity contribution in [1.82, 2.24) is 10.6 Å². The van der Waals surface area contributed by atoms with Crippen molar-refractivity contribution in [2.75, 3.05) is 11.4 Å². The van der Waals surface area contributed by atoms with Crippen LogP contribution in [0.1, 0.15) is 45.7 Å². The first-order valence-corrected chi connectivity index (χ1v) is 11.0. The first kappa shape index (κ1) is 22.3. The molecule has 6 heteroatoms. The number of hydrogen-bond donors (Lipinski definition) is 2. The molecule has 0 saturated carbocycles. The Kier molecular flexibility index (Phi) is 6.01. The summed E-state index contributed by atoms with van der Waals surface area (Å²) in [5.41, 5.74) is 1.87. The molecule has 3 aromatic rings. The summed E-state index contributed by atoms with van der Waals surface area (Å²) in [6.45, 7) is 5.73. The van der Waals surface area contributed by atoms with E-state index in [0.29, 0.717) is 16.7 Å². The lowest BCUT2D eigenvalue weighted by Crippen LogP contribution is -2.59. The van der Waals surface area contributed by atoms with Gasteiger partial charge in [-0.3, -0.25) is 14.4 Å². The molecule has 1 aliphatic rings. The van der Waals surface area contributed by atoms with Crippen LogP contribution in [0.25, 0.3) is 0 Å². The number of carbonyl (C=O) groups is 3. The Morgan fingerprint density at radius 2 is 1.45 bits per heavy atom. The Morgan fingerprint density at radius 3 is 2.03 bits per heavy atom. The molecule has 3 aromatic carbocycles. The van der Waals surface area contributed by atoms with Crippen molar-refractivity contribution in [2.24, 2.45) is 0 Å². The van der Waals surface area contributed by atoms with Crippen LogP contribution < -0.4 is 15.5 Å². The predicted molar refractivity (Wildman–Crippen MR) is 128 cm³/mol. The van der Waals surface area contributed by atoms with Crippen molar-refractivity contribution in [3.05, 3.63) is 101 Å². The summed E-state index contributed by atoms with van der Waals surface area (Å²) in [6, 6.07) is 23.2. The predicted octanol–water partition coefficient (Wildman–Crippen LogP) is 3.81. The van der Waals surface area contributed by atoms with E-state index in [0.717, 1.165) is 11.3 Å². The molecule has 0 spiro atoms. The van der Waals surface area contributed by atoms with E-state index in [9.17, 15) is 14.4 Å². The molecular weight excluding hydrogens is 414 g/mol. The van der Waals surface area contributed by atoms with Crippen LogP contribution in [-0.2, 0) is 10.3 Å². The quantitative estimate of drug-likeness (QED) is 0.611. The number of rotatable bonds is 6. The lowest BCUT2D eigenvalue weighted by molar-refractivity contribution is -0.124. The van der Waals surface area contributed by atoms with Crippen molar-refractivity contribution in [1.29, 1.82) is 0 Å². The molecular formula is C27H27N3O3. The molecule has 0 aromatic heterocycles. The van der Waals surface area contributed by atoms with Gasteiger partial charge in [-0.05, 0) is 51.1 Å². The minimum Gasteiger partial charge on any atom is -0.349 e. The fourth-order valence-corrected chi connectivity index (χ4v) is 4.24. The van der Waals surface area contributed by atoms with Crippen molar-refractivity contribution in [3.8, 4) is 0 Å². The number of carbonyl (C=O) groups excluding carboxylic acids is 3. The molecule has 0 fully saturated rings. The molecule has 1 unspecified atom stereocenters. The molecule has 1 heterocycles. The van der Waals surface area contributed by atoms with Crippen LogP contribution in [0.2, 0.25) is 0 Å². The highest BCUT2D eigenvalue weighted by atomic mass is 16.2. The highest BCUT2D eigenvalue weighted by Crippen LogP contribution is 2.42. The summed E-state index contributed by atoms with van der Waals surface area (Å²) in [7, 11) is 0. The maximum absolute atomic E-state index is 13.9. The number of hydrogen-bond acceptors (Lipinski definition) is 3. The molecule has 33 heavy (non-hydrogen) atoms. The van der Waals surface area contributed by atoms with Crippen molar-refractivity contribution in [2.45, 2.75) is 32.4 Å². The molecule has 0 aliphatic carbocycles. The van der Waals surface area contributed by atoms with Crippen LogP contribution in [0.5, 0.6) is 0 Å². The fraction of sp³-hybridized carbons (Fsp3) is 0.222. The molecule has 6 nitrogen and oxygen atoms in total. The van der Waals surface area contributed by atoms with Gasteiger partial charge >= 0.3 is 0 Å². The van der Waals surface area contributed by atoms with Gasteiger partial charge in [0, 0.05) is 22.7 Å². The van der Waals surface area contributed by atoms with Gasteiger partial charge in [-0.2, -0.15) is 0 Å². The van der Waals surface area contributed by atoms with E-state index in [4.69, 9.17) is 0 Å². The smallest absolute Gasteiger partial charge is 0.259 e. The first-order valence-electron chi connectivity index (χ1n) is 11.0. The molecule has 0 saturated heterocycles. The number of fused-ring (bicyclic) bond motifs is 1. The topological polar surface area (TPSA) is 78.5 Å². The van der Waals surface area contributed by atoms with Gasteiger partial charge < -0.3 is 15.5 Å². The van der Waals surface area contributed by atoms with Gasteiger partial charge in [-0.15, -0.1) is 0 Å². The molecule has 0 radical (unpaired) electrons. The van der Waals surface area contributed by atoms with Crippen molar-refractivity contribution < 1.29 is 14.4 Å². The second-order valence-electron chi connectivity index (χ2n) is 8.56. The summed E-state index contributed by atoms with van der Waals surface area (Å²) in [4.78, 5) is 41.7. The van der Waals surface area contributed by atoms with Crippen LogP contribution in [0, 0.1) is 6.92 Å². The average Bonchev–Trinajstić information content (AvgIpc) is 3.06. The average molecular weight is 442 g/mol. The van der Waals surface area contributed by atoms with E-state index < -0.39 is 5.54 Å². The highest BCUT2D eigenvalue weighted by Gasteiger charge is 2.53. The maximum Gasteiger partial charge on any atom is 0.259 e. The largest absolute Gasteiger partial charge is 0.349 e. The minimum atomic E-state index is -1.43. The summed E-state index contributed by atoms with van der Waals surface area (Å²) in [5.74, 6) is -0.958. The molecule has 0 bridgehead atoms. The Morgan fingerprint density at radius 1 is 0.879 bits per heavy atom. The third-order valence-electron chi connectivity index (χ3n) is 5.88. The number of anilines is 1. The lowest BCUT2D eigenvalue weighted by atomic mass is 9.89. The molecule has 2 N–H and O–H groups in total. The summed E-state index contributed by atoms with van der Waals surface area (Å²) in [6.07, 6.45) is 0. The highest BCUT2D eigenvalue weighted by molar-refractivity contribution is 6.11. The van der Waals surface area contributed by atoms with Crippen LogP contribution in [0.3, 0.4) is 0 Å². The van der Waals surface area contributed by atoms with Gasteiger partial charge in [0.15, 0.2) is 5.54 Å². The number of nitrogens with one attached hydrogen (secondary N) is 2. The van der Waals surface area contributed by atoms with Crippen LogP contribution in [-0.4, -0.2) is 30.3 Å². The van der Waals surface area contributed by atoms with Gasteiger partial charge in [0.05, 0.1) is 12.2 Å². The van der Waals surface area contributed by atoms with Crippen molar-refractivity contribution >= 4 is 23.4 Å². The van der Waals surface area contributed by atoms with Gasteiger partial charge in [-0.25, -0.2) is 0 Å². The van der Waals surface area contributed by atoms with Crippen LogP contribution >= 0.6 is 0 Å². The summed E-state index contributed by atoms with van der Waals surface area (Å²) >= 11 is 0. The van der Waals surface area contributed by atoms with E-state index in [-0.39, 0.29) is 30.3 Å². The zero-order valence-electron chi connectivity index (χ0n) is 19.0. The molecule has 1 atom stereocenters. The normalized spacial score (nSPS) is 17.1. The fourth-order valence-electron chi connectivity index (χ4n) is 4.24. The Bertz CT molecular complexity index is 1190. The van der Waals surface area contributed by atoms with E-state index >= 15 is 0 Å². The zero-order chi connectivity index (χ0) is 23.6. The monoisotopic (exact) mass is 441 g/mol. The SMILES string of the molecule is Cc1ccc2c(c1)C(CNC(=O)c1ccccc1)(NC(=O)c1ccccc1)C(=O)N2C(C)C. The zero-order valence-corrected chi connectivity index (χ0v) is 19.0. The van der Waals surface area contributed by atoms with Gasteiger partial charge in [0.25, 0.3) is 17.7 Å². The number of nitrogens with zero attached hydrogens (tertiary/aromatic N) is 1. The molecule has 3 amide bonds. The molecule has 4 rings (SSSR count). The van der Waals surface area contributed by atoms with Gasteiger partial charge in [-0.1, -0.05) is 54.1 Å². The number of benzene rings is 3. The van der Waals surface area contributed by atoms with E-state index in [1.807, 2.05) is 51.1 Å². The van der Waals surface area contributed by atoms with E-state index in [1.54, 1.807) is 53.4 Å². The van der Waals surface area contributed by atoms with E-state index in [1.165, 1.54) is 0 Å². The Labute approximate surface area is 193 Å². The summed E-state index contributed by atoms with van der Waals surface area (Å²) < 4.78 is 0. The molecule has 1 aliphatic heterocycles.